The highest BCUT2D eigenvalue weighted by Gasteiger charge is 2.51. The molecule has 9 aromatic rings. The van der Waals surface area contributed by atoms with Crippen LogP contribution in [-0.4, -0.2) is 0 Å². The Kier molecular flexibility index (Phi) is 7.26. The molecular weight excluding hydrogens is 711 g/mol. The highest BCUT2D eigenvalue weighted by Crippen LogP contribution is 2.63. The molecule has 0 saturated carbocycles. The number of fused-ring (bicyclic) bond motifs is 13. The van der Waals surface area contributed by atoms with E-state index in [9.17, 15) is 0 Å². The topological polar surface area (TPSA) is 3.24 Å². The van der Waals surface area contributed by atoms with Crippen LogP contribution in [0.15, 0.2) is 212 Å². The smallest absolute Gasteiger partial charge is 0.0726 e. The molecule has 0 aliphatic heterocycles. The van der Waals surface area contributed by atoms with Gasteiger partial charge in [-0.15, -0.1) is 0 Å². The van der Waals surface area contributed by atoms with E-state index >= 15 is 0 Å². The fraction of sp³-hybridized carbons (Fsp3) is 0.0690. The summed E-state index contributed by atoms with van der Waals surface area (Å²) in [5, 5.41) is 0. The van der Waals surface area contributed by atoms with E-state index < -0.39 is 5.41 Å². The first-order valence-electron chi connectivity index (χ1n) is 20.8. The number of nitrogens with zero attached hydrogens (tertiary/aromatic N) is 1. The maximum atomic E-state index is 2.52. The lowest BCUT2D eigenvalue weighted by Crippen LogP contribution is -2.26. The molecule has 0 fully saturated rings. The first-order chi connectivity index (χ1) is 29.0. The first-order valence-corrected chi connectivity index (χ1v) is 20.8. The minimum absolute atomic E-state index is 0.104. The van der Waals surface area contributed by atoms with Gasteiger partial charge >= 0.3 is 0 Å². The van der Waals surface area contributed by atoms with Crippen LogP contribution in [0.2, 0.25) is 0 Å². The summed E-state index contributed by atoms with van der Waals surface area (Å²) in [5.41, 5.74) is 23.7. The lowest BCUT2D eigenvalue weighted by Gasteiger charge is -2.33. The van der Waals surface area contributed by atoms with Crippen LogP contribution in [0.5, 0.6) is 0 Å². The Balaban J connectivity index is 1.13. The summed E-state index contributed by atoms with van der Waals surface area (Å²) in [7, 11) is 0. The zero-order valence-electron chi connectivity index (χ0n) is 33.2. The lowest BCUT2D eigenvalue weighted by atomic mass is 9.70. The van der Waals surface area contributed by atoms with E-state index in [2.05, 4.69) is 231 Å². The summed E-state index contributed by atoms with van der Waals surface area (Å²) in [5.74, 6) is 0. The fourth-order valence-electron chi connectivity index (χ4n) is 10.9. The van der Waals surface area contributed by atoms with Crippen molar-refractivity contribution in [2.45, 2.75) is 24.7 Å². The van der Waals surface area contributed by atoms with Crippen molar-refractivity contribution in [1.29, 1.82) is 0 Å². The molecular formula is C58H41N. The van der Waals surface area contributed by atoms with Gasteiger partial charge in [0, 0.05) is 22.2 Å². The van der Waals surface area contributed by atoms with Crippen LogP contribution in [0.1, 0.15) is 47.2 Å². The van der Waals surface area contributed by atoms with Crippen molar-refractivity contribution in [3.8, 4) is 55.6 Å². The summed E-state index contributed by atoms with van der Waals surface area (Å²) in [4.78, 5) is 2.52. The van der Waals surface area contributed by atoms with Gasteiger partial charge in [0.2, 0.25) is 0 Å². The van der Waals surface area contributed by atoms with Crippen molar-refractivity contribution in [3.05, 3.63) is 246 Å². The molecule has 0 bridgehead atoms. The van der Waals surface area contributed by atoms with Crippen molar-refractivity contribution in [2.24, 2.45) is 0 Å². The monoisotopic (exact) mass is 751 g/mol. The van der Waals surface area contributed by atoms with Gasteiger partial charge in [0.15, 0.2) is 0 Å². The maximum absolute atomic E-state index is 2.52. The molecule has 3 aliphatic carbocycles. The van der Waals surface area contributed by atoms with Gasteiger partial charge in [-0.1, -0.05) is 196 Å². The van der Waals surface area contributed by atoms with E-state index in [-0.39, 0.29) is 5.41 Å². The Bertz CT molecular complexity index is 3090. The van der Waals surface area contributed by atoms with E-state index in [0.717, 1.165) is 17.1 Å². The molecule has 0 unspecified atom stereocenters. The third-order valence-corrected chi connectivity index (χ3v) is 13.5. The highest BCUT2D eigenvalue weighted by molar-refractivity contribution is 5.99. The SMILES string of the molecule is CC1(C)c2ccccc2-c2ccc(-c3ccccc3N(c3ccc4c(c3)C3(c5ccccc5-c5ccccc53)c3ccccc3-4)c3ccccc3-c3ccccc3)cc21. The fourth-order valence-corrected chi connectivity index (χ4v) is 10.9. The van der Waals surface area contributed by atoms with Crippen molar-refractivity contribution < 1.29 is 0 Å². The van der Waals surface area contributed by atoms with Gasteiger partial charge in [0.25, 0.3) is 0 Å². The van der Waals surface area contributed by atoms with Crippen molar-refractivity contribution in [1.82, 2.24) is 0 Å². The van der Waals surface area contributed by atoms with Gasteiger partial charge in [-0.25, -0.2) is 0 Å². The molecule has 1 spiro atoms. The summed E-state index contributed by atoms with van der Waals surface area (Å²) in [6, 6.07) is 79.2. The number of benzene rings is 9. The molecule has 1 nitrogen and oxygen atoms in total. The van der Waals surface area contributed by atoms with E-state index in [1.807, 2.05) is 0 Å². The average molecular weight is 752 g/mol. The molecule has 3 aliphatic rings. The molecule has 278 valence electrons. The second-order valence-electron chi connectivity index (χ2n) is 16.8. The molecule has 0 radical (unpaired) electrons. The second kappa shape index (κ2) is 12.6. The molecule has 0 heterocycles. The predicted octanol–water partition coefficient (Wildman–Crippen LogP) is 15.1. The minimum atomic E-state index is -0.445. The van der Waals surface area contributed by atoms with Gasteiger partial charge < -0.3 is 4.90 Å². The number of anilines is 3. The molecule has 0 aromatic heterocycles. The third-order valence-electron chi connectivity index (χ3n) is 13.5. The molecule has 0 saturated heterocycles. The van der Waals surface area contributed by atoms with E-state index in [1.54, 1.807) is 0 Å². The van der Waals surface area contributed by atoms with Crippen LogP contribution >= 0.6 is 0 Å². The highest BCUT2D eigenvalue weighted by atomic mass is 15.1. The summed E-state index contributed by atoms with van der Waals surface area (Å²) in [6.07, 6.45) is 0. The molecule has 0 N–H and O–H groups in total. The van der Waals surface area contributed by atoms with E-state index in [0.29, 0.717) is 0 Å². The van der Waals surface area contributed by atoms with Crippen LogP contribution in [0.4, 0.5) is 17.1 Å². The van der Waals surface area contributed by atoms with E-state index in [1.165, 1.54) is 89.0 Å². The maximum Gasteiger partial charge on any atom is 0.0726 e. The Morgan fingerprint density at radius 3 is 1.27 bits per heavy atom. The average Bonchev–Trinajstić information content (AvgIpc) is 3.85. The number of hydrogen-bond donors (Lipinski definition) is 0. The summed E-state index contributed by atoms with van der Waals surface area (Å²) in [6.45, 7) is 4.74. The van der Waals surface area contributed by atoms with Crippen molar-refractivity contribution in [3.63, 3.8) is 0 Å². The van der Waals surface area contributed by atoms with Crippen LogP contribution in [0, 0.1) is 0 Å². The van der Waals surface area contributed by atoms with Crippen molar-refractivity contribution >= 4 is 17.1 Å². The summed E-state index contributed by atoms with van der Waals surface area (Å²) < 4.78 is 0. The molecule has 1 heteroatoms. The predicted molar refractivity (Wildman–Crippen MR) is 246 cm³/mol. The van der Waals surface area contributed by atoms with Gasteiger partial charge in [0.1, 0.15) is 0 Å². The Morgan fingerprint density at radius 1 is 0.288 bits per heavy atom. The zero-order chi connectivity index (χ0) is 39.3. The van der Waals surface area contributed by atoms with Crippen LogP contribution in [0.3, 0.4) is 0 Å². The van der Waals surface area contributed by atoms with E-state index in [4.69, 9.17) is 0 Å². The molecule has 9 aromatic carbocycles. The van der Waals surface area contributed by atoms with Crippen LogP contribution in [-0.2, 0) is 10.8 Å². The van der Waals surface area contributed by atoms with Gasteiger partial charge in [0.05, 0.1) is 16.8 Å². The first kappa shape index (κ1) is 33.9. The van der Waals surface area contributed by atoms with Gasteiger partial charge in [-0.05, 0) is 108 Å². The molecule has 0 amide bonds. The second-order valence-corrected chi connectivity index (χ2v) is 16.8. The van der Waals surface area contributed by atoms with Crippen molar-refractivity contribution in [2.75, 3.05) is 4.90 Å². The zero-order valence-corrected chi connectivity index (χ0v) is 33.2. The third kappa shape index (κ3) is 4.67. The molecule has 12 rings (SSSR count). The summed E-state index contributed by atoms with van der Waals surface area (Å²) >= 11 is 0. The lowest BCUT2D eigenvalue weighted by molar-refractivity contribution is 0.660. The number of para-hydroxylation sites is 2. The Hall–Kier alpha value is -7.22. The Labute approximate surface area is 346 Å². The molecule has 59 heavy (non-hydrogen) atoms. The number of hydrogen-bond acceptors (Lipinski definition) is 1. The van der Waals surface area contributed by atoms with Crippen LogP contribution < -0.4 is 4.90 Å². The minimum Gasteiger partial charge on any atom is -0.309 e. The Morgan fingerprint density at radius 2 is 0.695 bits per heavy atom. The van der Waals surface area contributed by atoms with Gasteiger partial charge in [-0.2, -0.15) is 0 Å². The largest absolute Gasteiger partial charge is 0.309 e. The quantitative estimate of drug-likeness (QED) is 0.169. The normalized spacial score (nSPS) is 14.2. The molecule has 0 atom stereocenters. The van der Waals surface area contributed by atoms with Gasteiger partial charge in [-0.3, -0.25) is 0 Å². The number of rotatable bonds is 5. The standard InChI is InChI=1S/C58H41N/c1-57(2)49-26-12-6-22-43(49)47-34-32-39(36-53(47)57)42-21-11-17-31-56(42)59(55-30-16-10-20-41(55)38-18-4-3-5-19-38)40-33-35-48-46-25-9-15-29-52(46)58(54(48)37-40)50-27-13-7-23-44(50)45-24-8-14-28-51(45)58/h3-37H,1-2H3. The van der Waals surface area contributed by atoms with Crippen LogP contribution in [0.25, 0.3) is 55.6 Å².